The second-order valence-electron chi connectivity index (χ2n) is 7.12. The van der Waals surface area contributed by atoms with Crippen molar-refractivity contribution in [3.63, 3.8) is 0 Å². The molecule has 1 heterocycles. The predicted molar refractivity (Wildman–Crippen MR) is 130 cm³/mol. The molecule has 30 heavy (non-hydrogen) atoms. The van der Waals surface area contributed by atoms with Crippen LogP contribution in [0.2, 0.25) is 5.02 Å². The number of thioether (sulfide) groups is 1. The lowest BCUT2D eigenvalue weighted by atomic mass is 10.1. The monoisotopic (exact) mass is 503 g/mol. The van der Waals surface area contributed by atoms with E-state index in [1.54, 1.807) is 6.21 Å². The standard InChI is InChI=1S/C23H23BrClN3OS/c1-14-9-15(2)11-19(10-14)28-16(3)21(23(24)17(28)4)12-26-27-22(29)13-30-20-7-5-18(25)6-8-20/h5-12H,13H2,1-4H3,(H,27,29)/b26-12-. The number of hydrazone groups is 1. The molecule has 1 amide bonds. The van der Waals surface area contributed by atoms with E-state index >= 15 is 0 Å². The molecular weight excluding hydrogens is 482 g/mol. The fraction of sp³-hybridized carbons (Fsp3) is 0.217. The van der Waals surface area contributed by atoms with Crippen molar-refractivity contribution in [1.29, 1.82) is 0 Å². The number of halogens is 2. The quantitative estimate of drug-likeness (QED) is 0.241. The Morgan fingerprint density at radius 2 is 1.73 bits per heavy atom. The lowest BCUT2D eigenvalue weighted by molar-refractivity contribution is -0.118. The van der Waals surface area contributed by atoms with Gasteiger partial charge < -0.3 is 4.57 Å². The number of aromatic nitrogens is 1. The number of aryl methyl sites for hydroxylation is 2. The zero-order valence-electron chi connectivity index (χ0n) is 17.3. The van der Waals surface area contributed by atoms with Gasteiger partial charge in [-0.2, -0.15) is 5.10 Å². The third-order valence-corrected chi connectivity index (χ3v) is 6.91. The Morgan fingerprint density at radius 1 is 1.10 bits per heavy atom. The van der Waals surface area contributed by atoms with Crippen LogP contribution in [0.5, 0.6) is 0 Å². The fourth-order valence-corrected chi connectivity index (χ4v) is 4.71. The van der Waals surface area contributed by atoms with Gasteiger partial charge >= 0.3 is 0 Å². The zero-order valence-corrected chi connectivity index (χ0v) is 20.5. The summed E-state index contributed by atoms with van der Waals surface area (Å²) in [5.74, 6) is 0.118. The molecule has 0 saturated heterocycles. The van der Waals surface area contributed by atoms with E-state index in [1.807, 2.05) is 24.3 Å². The van der Waals surface area contributed by atoms with Crippen LogP contribution in [0.3, 0.4) is 0 Å². The van der Waals surface area contributed by atoms with E-state index in [1.165, 1.54) is 22.9 Å². The van der Waals surface area contributed by atoms with Gasteiger partial charge in [-0.3, -0.25) is 4.79 Å². The molecule has 156 valence electrons. The van der Waals surface area contributed by atoms with E-state index in [0.29, 0.717) is 5.02 Å². The first-order valence-electron chi connectivity index (χ1n) is 9.42. The molecule has 2 aromatic carbocycles. The molecule has 0 aliphatic heterocycles. The van der Waals surface area contributed by atoms with E-state index in [9.17, 15) is 4.79 Å². The number of rotatable bonds is 6. The lowest BCUT2D eigenvalue weighted by Gasteiger charge is -2.11. The first-order chi connectivity index (χ1) is 14.3. The van der Waals surface area contributed by atoms with Crippen molar-refractivity contribution in [2.24, 2.45) is 5.10 Å². The van der Waals surface area contributed by atoms with Gasteiger partial charge in [0.1, 0.15) is 0 Å². The highest BCUT2D eigenvalue weighted by Crippen LogP contribution is 2.30. The van der Waals surface area contributed by atoms with Crippen LogP contribution >= 0.6 is 39.3 Å². The highest BCUT2D eigenvalue weighted by molar-refractivity contribution is 9.10. The molecule has 7 heteroatoms. The van der Waals surface area contributed by atoms with E-state index < -0.39 is 0 Å². The molecule has 0 radical (unpaired) electrons. The molecule has 0 atom stereocenters. The third-order valence-electron chi connectivity index (χ3n) is 4.65. The van der Waals surface area contributed by atoms with Gasteiger partial charge in [-0.25, -0.2) is 5.43 Å². The first kappa shape index (κ1) is 22.7. The molecule has 3 aromatic rings. The average Bonchev–Trinajstić information content (AvgIpc) is 2.90. The lowest BCUT2D eigenvalue weighted by Crippen LogP contribution is -2.19. The molecule has 0 bridgehead atoms. The molecule has 0 spiro atoms. The topological polar surface area (TPSA) is 46.4 Å². The summed E-state index contributed by atoms with van der Waals surface area (Å²) < 4.78 is 3.16. The minimum atomic E-state index is -0.162. The molecule has 0 saturated carbocycles. The number of hydrogen-bond acceptors (Lipinski definition) is 3. The van der Waals surface area contributed by atoms with E-state index in [4.69, 9.17) is 11.6 Å². The maximum absolute atomic E-state index is 12.1. The SMILES string of the molecule is Cc1cc(C)cc(-n2c(C)c(Br)c(/C=N\NC(=O)CSc3ccc(Cl)cc3)c2C)c1. The molecule has 3 rings (SSSR count). The Bertz CT molecular complexity index is 1090. The normalized spacial score (nSPS) is 11.3. The minimum Gasteiger partial charge on any atom is -0.317 e. The summed E-state index contributed by atoms with van der Waals surface area (Å²) in [6.07, 6.45) is 1.69. The Labute approximate surface area is 194 Å². The van der Waals surface area contributed by atoms with Crippen LogP contribution < -0.4 is 5.43 Å². The summed E-state index contributed by atoms with van der Waals surface area (Å²) >= 11 is 11.0. The highest BCUT2D eigenvalue weighted by atomic mass is 79.9. The molecule has 4 nitrogen and oxygen atoms in total. The second kappa shape index (κ2) is 9.86. The van der Waals surface area contributed by atoms with Crippen LogP contribution in [0.1, 0.15) is 28.1 Å². The Balaban J connectivity index is 1.71. The Kier molecular flexibility index (Phi) is 7.45. The van der Waals surface area contributed by atoms with Crippen molar-refractivity contribution in [3.8, 4) is 5.69 Å². The smallest absolute Gasteiger partial charge is 0.250 e. The van der Waals surface area contributed by atoms with Crippen LogP contribution in [0, 0.1) is 27.7 Å². The maximum atomic E-state index is 12.1. The van der Waals surface area contributed by atoms with Crippen LogP contribution in [0.4, 0.5) is 0 Å². The van der Waals surface area contributed by atoms with Crippen LogP contribution in [-0.4, -0.2) is 22.4 Å². The van der Waals surface area contributed by atoms with Crippen LogP contribution in [-0.2, 0) is 4.79 Å². The van der Waals surface area contributed by atoms with Crippen molar-refractivity contribution in [3.05, 3.63) is 80.0 Å². The summed E-state index contributed by atoms with van der Waals surface area (Å²) in [6.45, 7) is 8.31. The highest BCUT2D eigenvalue weighted by Gasteiger charge is 2.16. The van der Waals surface area contributed by atoms with Crippen molar-refractivity contribution < 1.29 is 4.79 Å². The van der Waals surface area contributed by atoms with Gasteiger partial charge in [0, 0.05) is 37.0 Å². The number of nitrogens with zero attached hydrogens (tertiary/aromatic N) is 2. The van der Waals surface area contributed by atoms with Crippen LogP contribution in [0.25, 0.3) is 5.69 Å². The zero-order chi connectivity index (χ0) is 21.8. The largest absolute Gasteiger partial charge is 0.317 e. The summed E-state index contributed by atoms with van der Waals surface area (Å²) in [7, 11) is 0. The third kappa shape index (κ3) is 5.36. The van der Waals surface area contributed by atoms with Gasteiger partial charge in [-0.1, -0.05) is 17.7 Å². The van der Waals surface area contributed by atoms with Crippen LogP contribution in [0.15, 0.2) is 56.9 Å². The first-order valence-corrected chi connectivity index (χ1v) is 11.6. The number of carbonyl (C=O) groups is 1. The molecule has 1 N–H and O–H groups in total. The summed E-state index contributed by atoms with van der Waals surface area (Å²) in [5, 5.41) is 4.85. The molecule has 1 aromatic heterocycles. The van der Waals surface area contributed by atoms with Crippen molar-refractivity contribution in [2.45, 2.75) is 32.6 Å². The van der Waals surface area contributed by atoms with Gasteiger partial charge in [0.15, 0.2) is 0 Å². The molecule has 0 fully saturated rings. The number of amides is 1. The van der Waals surface area contributed by atoms with Gasteiger partial charge in [-0.15, -0.1) is 11.8 Å². The minimum absolute atomic E-state index is 0.162. The van der Waals surface area contributed by atoms with Gasteiger partial charge in [0.25, 0.3) is 0 Å². The summed E-state index contributed by atoms with van der Waals surface area (Å²) in [4.78, 5) is 13.1. The Morgan fingerprint density at radius 3 is 2.37 bits per heavy atom. The Hall–Kier alpha value is -2.02. The molecule has 0 unspecified atom stereocenters. The van der Waals surface area contributed by atoms with Crippen molar-refractivity contribution in [2.75, 3.05) is 5.75 Å². The van der Waals surface area contributed by atoms with E-state index in [2.05, 4.69) is 76.9 Å². The number of hydrogen-bond donors (Lipinski definition) is 1. The molecular formula is C23H23BrClN3OS. The fourth-order valence-electron chi connectivity index (χ4n) is 3.32. The molecule has 0 aliphatic rings. The second-order valence-corrected chi connectivity index (χ2v) is 9.39. The maximum Gasteiger partial charge on any atom is 0.250 e. The number of nitrogens with one attached hydrogen (secondary N) is 1. The summed E-state index contributed by atoms with van der Waals surface area (Å²) in [5.41, 5.74) is 9.24. The average molecular weight is 505 g/mol. The van der Waals surface area contributed by atoms with Crippen molar-refractivity contribution in [1.82, 2.24) is 9.99 Å². The molecule has 0 aliphatic carbocycles. The van der Waals surface area contributed by atoms with Gasteiger partial charge in [-0.05, 0) is 91.1 Å². The predicted octanol–water partition coefficient (Wildman–Crippen LogP) is 6.37. The van der Waals surface area contributed by atoms with E-state index in [0.717, 1.165) is 32.0 Å². The summed E-state index contributed by atoms with van der Waals surface area (Å²) in [6, 6.07) is 13.9. The van der Waals surface area contributed by atoms with E-state index in [-0.39, 0.29) is 11.7 Å². The number of carbonyl (C=O) groups excluding carboxylic acids is 1. The van der Waals surface area contributed by atoms with Gasteiger partial charge in [0.05, 0.1) is 12.0 Å². The van der Waals surface area contributed by atoms with Crippen molar-refractivity contribution >= 4 is 51.4 Å². The number of benzene rings is 2. The van der Waals surface area contributed by atoms with Gasteiger partial charge in [0.2, 0.25) is 5.91 Å².